The Morgan fingerprint density at radius 1 is 1.31 bits per heavy atom. The standard InChI is InChI=1S/C7H6F3NO2/c8-4-1-5(12)7(10)3(2-13-11)6(4)9/h1,12H,2,11H2. The van der Waals surface area contributed by atoms with Crippen molar-refractivity contribution in [2.45, 2.75) is 6.61 Å². The van der Waals surface area contributed by atoms with Gasteiger partial charge in [-0.15, -0.1) is 0 Å². The number of hydrogen-bond donors (Lipinski definition) is 2. The molecule has 0 atom stereocenters. The number of phenolic OH excluding ortho intramolecular Hbond substituents is 1. The van der Waals surface area contributed by atoms with E-state index in [9.17, 15) is 13.2 Å². The molecule has 0 fully saturated rings. The Labute approximate surface area is 71.5 Å². The molecule has 72 valence electrons. The smallest absolute Gasteiger partial charge is 0.173 e. The van der Waals surface area contributed by atoms with Crippen LogP contribution in [0.15, 0.2) is 6.07 Å². The van der Waals surface area contributed by atoms with Crippen molar-refractivity contribution in [1.82, 2.24) is 0 Å². The number of nitrogens with two attached hydrogens (primary N) is 1. The Balaban J connectivity index is 3.28. The van der Waals surface area contributed by atoms with Crippen LogP contribution in [-0.4, -0.2) is 5.11 Å². The zero-order chi connectivity index (χ0) is 10.0. The maximum atomic E-state index is 12.8. The molecule has 0 saturated heterocycles. The molecule has 0 aromatic heterocycles. The zero-order valence-electron chi connectivity index (χ0n) is 6.35. The average molecular weight is 193 g/mol. The van der Waals surface area contributed by atoms with E-state index in [1.807, 2.05) is 0 Å². The molecule has 0 aliphatic heterocycles. The van der Waals surface area contributed by atoms with E-state index in [0.29, 0.717) is 6.07 Å². The van der Waals surface area contributed by atoms with Crippen molar-refractivity contribution >= 4 is 0 Å². The molecule has 6 heteroatoms. The first-order valence-electron chi connectivity index (χ1n) is 3.25. The summed E-state index contributed by atoms with van der Waals surface area (Å²) in [5, 5.41) is 8.75. The number of hydrogen-bond acceptors (Lipinski definition) is 3. The third-order valence-electron chi connectivity index (χ3n) is 1.46. The second-order valence-corrected chi connectivity index (χ2v) is 2.30. The van der Waals surface area contributed by atoms with Gasteiger partial charge in [-0.2, -0.15) is 0 Å². The maximum absolute atomic E-state index is 12.8. The van der Waals surface area contributed by atoms with Crippen LogP contribution < -0.4 is 5.90 Å². The van der Waals surface area contributed by atoms with Crippen LogP contribution in [0.4, 0.5) is 13.2 Å². The zero-order valence-corrected chi connectivity index (χ0v) is 6.35. The number of benzene rings is 1. The lowest BCUT2D eigenvalue weighted by Gasteiger charge is -2.05. The SMILES string of the molecule is NOCc1c(F)c(O)cc(F)c1F. The van der Waals surface area contributed by atoms with Crippen LogP contribution in [0.3, 0.4) is 0 Å². The first-order valence-corrected chi connectivity index (χ1v) is 3.25. The summed E-state index contributed by atoms with van der Waals surface area (Å²) in [6.45, 7) is -0.650. The van der Waals surface area contributed by atoms with Gasteiger partial charge in [0.2, 0.25) is 0 Å². The van der Waals surface area contributed by atoms with Crippen molar-refractivity contribution in [1.29, 1.82) is 0 Å². The molecule has 3 nitrogen and oxygen atoms in total. The van der Waals surface area contributed by atoms with E-state index < -0.39 is 35.4 Å². The molecule has 0 radical (unpaired) electrons. The molecule has 3 N–H and O–H groups in total. The third-order valence-corrected chi connectivity index (χ3v) is 1.46. The van der Waals surface area contributed by atoms with E-state index in [1.54, 1.807) is 0 Å². The predicted octanol–water partition coefficient (Wildman–Crippen LogP) is 1.20. The van der Waals surface area contributed by atoms with Gasteiger partial charge in [-0.25, -0.2) is 19.1 Å². The molecule has 1 rings (SSSR count). The summed E-state index contributed by atoms with van der Waals surface area (Å²) in [6, 6.07) is 0.338. The Morgan fingerprint density at radius 3 is 2.46 bits per heavy atom. The van der Waals surface area contributed by atoms with E-state index in [2.05, 4.69) is 10.7 Å². The van der Waals surface area contributed by atoms with Crippen molar-refractivity contribution in [3.05, 3.63) is 29.1 Å². The van der Waals surface area contributed by atoms with Crippen LogP contribution >= 0.6 is 0 Å². The fourth-order valence-electron chi connectivity index (χ4n) is 0.852. The van der Waals surface area contributed by atoms with Gasteiger partial charge < -0.3 is 5.11 Å². The monoisotopic (exact) mass is 193 g/mol. The number of rotatable bonds is 2. The lowest BCUT2D eigenvalue weighted by atomic mass is 10.2. The molecule has 13 heavy (non-hydrogen) atoms. The highest BCUT2D eigenvalue weighted by molar-refractivity contribution is 5.31. The Kier molecular flexibility index (Phi) is 2.74. The van der Waals surface area contributed by atoms with Crippen LogP contribution in [0.5, 0.6) is 5.75 Å². The minimum absolute atomic E-state index is 0.338. The summed E-state index contributed by atoms with van der Waals surface area (Å²) in [5.74, 6) is -0.465. The summed E-state index contributed by atoms with van der Waals surface area (Å²) < 4.78 is 38.2. The highest BCUT2D eigenvalue weighted by atomic mass is 19.2. The highest BCUT2D eigenvalue weighted by Crippen LogP contribution is 2.24. The number of phenols is 1. The topological polar surface area (TPSA) is 55.5 Å². The summed E-state index contributed by atoms with van der Waals surface area (Å²) in [6.07, 6.45) is 0. The van der Waals surface area contributed by atoms with Crippen LogP contribution in [0, 0.1) is 17.5 Å². The van der Waals surface area contributed by atoms with Gasteiger partial charge >= 0.3 is 0 Å². The Bertz CT molecular complexity index is 304. The van der Waals surface area contributed by atoms with Crippen molar-refractivity contribution in [2.75, 3.05) is 0 Å². The van der Waals surface area contributed by atoms with E-state index in [-0.39, 0.29) is 0 Å². The molecule has 1 aromatic carbocycles. The molecule has 1 aromatic rings. The van der Waals surface area contributed by atoms with E-state index in [4.69, 9.17) is 5.11 Å². The minimum Gasteiger partial charge on any atom is -0.505 e. The summed E-state index contributed by atoms with van der Waals surface area (Å²) in [7, 11) is 0. The quantitative estimate of drug-likeness (QED) is 0.548. The fourth-order valence-corrected chi connectivity index (χ4v) is 0.852. The molecule has 0 aliphatic carbocycles. The van der Waals surface area contributed by atoms with Gasteiger partial charge in [0.25, 0.3) is 0 Å². The van der Waals surface area contributed by atoms with Crippen molar-refractivity contribution < 1.29 is 23.1 Å². The van der Waals surface area contributed by atoms with Gasteiger partial charge in [0.1, 0.15) is 0 Å². The third kappa shape index (κ3) is 1.73. The lowest BCUT2D eigenvalue weighted by Crippen LogP contribution is -2.05. The normalized spacial score (nSPS) is 10.5. The predicted molar refractivity (Wildman–Crippen MR) is 37.0 cm³/mol. The summed E-state index contributed by atoms with van der Waals surface area (Å²) in [4.78, 5) is 3.94. The van der Waals surface area contributed by atoms with Crippen molar-refractivity contribution in [3.63, 3.8) is 0 Å². The van der Waals surface area contributed by atoms with Gasteiger partial charge in [-0.1, -0.05) is 0 Å². The lowest BCUT2D eigenvalue weighted by molar-refractivity contribution is 0.117. The van der Waals surface area contributed by atoms with Gasteiger partial charge in [0.15, 0.2) is 23.2 Å². The minimum atomic E-state index is -1.42. The van der Waals surface area contributed by atoms with Gasteiger partial charge in [0, 0.05) is 6.07 Å². The molecule has 0 saturated carbocycles. The molecular formula is C7H6F3NO2. The molecular weight excluding hydrogens is 187 g/mol. The van der Waals surface area contributed by atoms with E-state index >= 15 is 0 Å². The Hall–Kier alpha value is -1.27. The van der Waals surface area contributed by atoms with E-state index in [1.165, 1.54) is 0 Å². The highest BCUT2D eigenvalue weighted by Gasteiger charge is 2.18. The van der Waals surface area contributed by atoms with Crippen LogP contribution in [-0.2, 0) is 11.4 Å². The molecule has 0 aliphatic rings. The maximum Gasteiger partial charge on any atom is 0.173 e. The molecule has 0 spiro atoms. The number of aromatic hydroxyl groups is 1. The largest absolute Gasteiger partial charge is 0.505 e. The van der Waals surface area contributed by atoms with Crippen molar-refractivity contribution in [3.8, 4) is 5.75 Å². The van der Waals surface area contributed by atoms with Crippen LogP contribution in [0.1, 0.15) is 5.56 Å². The molecule has 0 heterocycles. The Morgan fingerprint density at radius 2 is 1.92 bits per heavy atom. The van der Waals surface area contributed by atoms with Crippen LogP contribution in [0.2, 0.25) is 0 Å². The average Bonchev–Trinajstić information content (AvgIpc) is 2.09. The number of halogens is 3. The van der Waals surface area contributed by atoms with E-state index in [0.717, 1.165) is 0 Å². The second kappa shape index (κ2) is 3.63. The summed E-state index contributed by atoms with van der Waals surface area (Å²) in [5.41, 5.74) is -0.736. The molecule has 0 amide bonds. The van der Waals surface area contributed by atoms with Gasteiger partial charge in [-0.05, 0) is 0 Å². The summed E-state index contributed by atoms with van der Waals surface area (Å²) >= 11 is 0. The van der Waals surface area contributed by atoms with Crippen LogP contribution in [0.25, 0.3) is 0 Å². The second-order valence-electron chi connectivity index (χ2n) is 2.30. The molecule has 0 bridgehead atoms. The fraction of sp³-hybridized carbons (Fsp3) is 0.143. The van der Waals surface area contributed by atoms with Gasteiger partial charge in [-0.3, -0.25) is 4.84 Å². The first-order chi connectivity index (χ1) is 6.07. The first kappa shape index (κ1) is 9.82. The molecule has 0 unspecified atom stereocenters. The van der Waals surface area contributed by atoms with Gasteiger partial charge in [0.05, 0.1) is 12.2 Å². The van der Waals surface area contributed by atoms with Crippen molar-refractivity contribution in [2.24, 2.45) is 5.90 Å².